The molecule has 0 unspecified atom stereocenters. The lowest BCUT2D eigenvalue weighted by Gasteiger charge is -2.30. The second-order valence-corrected chi connectivity index (χ2v) is 18.9. The van der Waals surface area contributed by atoms with Crippen molar-refractivity contribution >= 4 is 17.9 Å². The van der Waals surface area contributed by atoms with Crippen LogP contribution in [-0.2, 0) is 19.7 Å². The Balaban J connectivity index is 1.08. The van der Waals surface area contributed by atoms with E-state index in [9.17, 15) is 14.4 Å². The van der Waals surface area contributed by atoms with Gasteiger partial charge in [0.05, 0.1) is 60.8 Å². The summed E-state index contributed by atoms with van der Waals surface area (Å²) in [5.74, 6) is 1.57. The first-order valence-corrected chi connectivity index (χ1v) is 22.6. The molecule has 0 spiro atoms. The molecule has 333 valence electrons. The van der Waals surface area contributed by atoms with Crippen molar-refractivity contribution in [3.63, 3.8) is 0 Å². The van der Waals surface area contributed by atoms with E-state index in [0.717, 1.165) is 94.6 Å². The third-order valence-electron chi connectivity index (χ3n) is 12.6. The zero-order valence-electron chi connectivity index (χ0n) is 38.3. The highest BCUT2D eigenvalue weighted by Gasteiger charge is 2.38. The molecule has 6 aromatic rings. The summed E-state index contributed by atoms with van der Waals surface area (Å²) in [6, 6.07) is 29.3. The summed E-state index contributed by atoms with van der Waals surface area (Å²) in [6.45, 7) is 15.9. The molecular formula is C52H61N8O4. The molecule has 2 aliphatic rings. The number of amides is 3. The zero-order chi connectivity index (χ0) is 45.3. The summed E-state index contributed by atoms with van der Waals surface area (Å²) in [5, 5.41) is 2.73. The minimum absolute atomic E-state index is 0.0137. The highest BCUT2D eigenvalue weighted by molar-refractivity contribution is 5.87. The second kappa shape index (κ2) is 18.3. The van der Waals surface area contributed by atoms with E-state index in [1.807, 2.05) is 49.9 Å². The molecule has 3 amide bonds. The van der Waals surface area contributed by atoms with Crippen molar-refractivity contribution in [2.75, 3.05) is 20.2 Å². The molecule has 12 nitrogen and oxygen atoms in total. The Morgan fingerprint density at radius 2 is 1.30 bits per heavy atom. The molecule has 3 aromatic heterocycles. The van der Waals surface area contributed by atoms with E-state index in [4.69, 9.17) is 14.7 Å². The van der Waals surface area contributed by atoms with Crippen molar-refractivity contribution in [1.29, 1.82) is 0 Å². The molecule has 3 aromatic carbocycles. The largest absolute Gasteiger partial charge is 0.453 e. The number of aromatic nitrogens is 5. The third-order valence-corrected chi connectivity index (χ3v) is 12.6. The zero-order valence-corrected chi connectivity index (χ0v) is 38.3. The van der Waals surface area contributed by atoms with E-state index in [1.165, 1.54) is 12.7 Å². The molecule has 3 N–H and O–H groups in total. The van der Waals surface area contributed by atoms with Gasteiger partial charge in [-0.25, -0.2) is 14.8 Å². The monoisotopic (exact) mass is 861 g/mol. The van der Waals surface area contributed by atoms with Gasteiger partial charge in [0, 0.05) is 24.3 Å². The predicted molar refractivity (Wildman–Crippen MR) is 251 cm³/mol. The van der Waals surface area contributed by atoms with Crippen LogP contribution < -0.4 is 5.32 Å². The number of aromatic amines is 2. The van der Waals surface area contributed by atoms with E-state index in [-0.39, 0.29) is 41.1 Å². The van der Waals surface area contributed by atoms with Crippen molar-refractivity contribution in [3.8, 4) is 50.7 Å². The number of likely N-dealkylation sites (tertiary alicyclic amines) is 2. The molecular weight excluding hydrogens is 801 g/mol. The van der Waals surface area contributed by atoms with Crippen LogP contribution in [0.3, 0.4) is 0 Å². The first kappa shape index (κ1) is 44.2. The molecule has 0 bridgehead atoms. The number of alkyl carbamates (subject to hydrolysis) is 1. The molecule has 2 saturated heterocycles. The number of imidazole rings is 2. The van der Waals surface area contributed by atoms with Gasteiger partial charge in [-0.05, 0) is 95.5 Å². The molecule has 8 rings (SSSR count). The Kier molecular flexibility index (Phi) is 12.7. The summed E-state index contributed by atoms with van der Waals surface area (Å²) in [4.78, 5) is 59.3. The first-order valence-electron chi connectivity index (χ1n) is 22.6. The predicted octanol–water partition coefficient (Wildman–Crippen LogP) is 10.5. The van der Waals surface area contributed by atoms with Crippen molar-refractivity contribution in [2.24, 2.45) is 11.8 Å². The number of hydrogen-bond acceptors (Lipinski definition) is 6. The third kappa shape index (κ3) is 9.14. The van der Waals surface area contributed by atoms with Gasteiger partial charge in [0.1, 0.15) is 17.7 Å². The van der Waals surface area contributed by atoms with Gasteiger partial charge in [0.2, 0.25) is 11.8 Å². The number of methoxy groups -OCH3 is 1. The van der Waals surface area contributed by atoms with Crippen LogP contribution in [0.5, 0.6) is 0 Å². The fraction of sp³-hybridized carbons (Fsp3) is 0.385. The fourth-order valence-corrected chi connectivity index (χ4v) is 9.14. The summed E-state index contributed by atoms with van der Waals surface area (Å²) < 4.78 is 7.13. The summed E-state index contributed by atoms with van der Waals surface area (Å²) in [7, 11) is 1.30. The minimum atomic E-state index is -0.695. The van der Waals surface area contributed by atoms with Crippen LogP contribution in [0.1, 0.15) is 103 Å². The summed E-state index contributed by atoms with van der Waals surface area (Å²) in [5.41, 5.74) is 10.3. The minimum Gasteiger partial charge on any atom is -0.453 e. The maximum absolute atomic E-state index is 13.7. The molecule has 5 heterocycles. The average molecular weight is 862 g/mol. The smallest absolute Gasteiger partial charge is 0.407 e. The van der Waals surface area contributed by atoms with Gasteiger partial charge in [0.15, 0.2) is 0 Å². The van der Waals surface area contributed by atoms with Gasteiger partial charge in [-0.3, -0.25) is 9.59 Å². The van der Waals surface area contributed by atoms with E-state index in [1.54, 1.807) is 6.42 Å². The standard InChI is InChI=1S/C52H61N8O4/c1-32(2)28-46(61)58-26-10-14-44(58)48-54-31-41(56-48)36-12-9-13-37(29-36)43-25-24-42(60(43)39-22-20-38(21-23-39)52(5,6)7)35-18-16-34(17-19-35)40-30-53-49(55-40)45-15-11-27-59(45)50(62)47(33(3)4)57-51(63)64-8/h9,12-13,16-25,28-33,44-45,47H,10-11,14-15,26-27H2,1-8H3,(H,53,55)(H,54,56)(H,57,63)/t44-,45-,47-/m0/s1. The van der Waals surface area contributed by atoms with Crippen LogP contribution in [0, 0.1) is 18.3 Å². The van der Waals surface area contributed by atoms with E-state index >= 15 is 0 Å². The Labute approximate surface area is 376 Å². The number of rotatable bonds is 12. The van der Waals surface area contributed by atoms with Crippen LogP contribution in [0.2, 0.25) is 0 Å². The maximum Gasteiger partial charge on any atom is 0.407 e. The molecule has 0 aliphatic carbocycles. The van der Waals surface area contributed by atoms with E-state index < -0.39 is 12.1 Å². The topological polar surface area (TPSA) is 141 Å². The Morgan fingerprint density at radius 3 is 1.89 bits per heavy atom. The Hall–Kier alpha value is -6.43. The van der Waals surface area contributed by atoms with Crippen LogP contribution >= 0.6 is 0 Å². The number of nitrogens with one attached hydrogen (secondary N) is 3. The molecule has 0 saturated carbocycles. The normalized spacial score (nSPS) is 17.1. The Bertz CT molecular complexity index is 2590. The lowest BCUT2D eigenvalue weighted by molar-refractivity contribution is -0.135. The molecule has 3 atom stereocenters. The number of carbonyl (C=O) groups is 3. The van der Waals surface area contributed by atoms with E-state index in [2.05, 4.69) is 126 Å². The van der Waals surface area contributed by atoms with Crippen molar-refractivity contribution in [3.05, 3.63) is 121 Å². The van der Waals surface area contributed by atoms with Crippen LogP contribution in [0.25, 0.3) is 50.7 Å². The number of H-pyrrole nitrogens is 2. The molecule has 2 fully saturated rings. The number of hydrogen-bond donors (Lipinski definition) is 3. The van der Waals surface area contributed by atoms with Crippen LogP contribution in [-0.4, -0.2) is 78.5 Å². The Morgan fingerprint density at radius 1 is 0.734 bits per heavy atom. The lowest BCUT2D eigenvalue weighted by atomic mass is 9.87. The summed E-state index contributed by atoms with van der Waals surface area (Å²) >= 11 is 0. The first-order chi connectivity index (χ1) is 30.7. The SMILES string of the molecule is COC(=O)N[C@H](C(=O)N1CCC[C@H]1c1ncc(-c2ccc(-c3ccc(-c4cccc(-c5cnc([C@@H]6CCCN6C(=O)[CH]C(C)C)[nH]5)c4)n3-c3ccc(C(C)(C)C)cc3)cc2)[nH]1)C(C)C. The number of benzene rings is 3. The highest BCUT2D eigenvalue weighted by atomic mass is 16.5. The van der Waals surface area contributed by atoms with Gasteiger partial charge in [-0.2, -0.15) is 0 Å². The van der Waals surface area contributed by atoms with Crippen molar-refractivity contribution in [1.82, 2.24) is 39.6 Å². The van der Waals surface area contributed by atoms with Gasteiger partial charge in [-0.15, -0.1) is 0 Å². The lowest BCUT2D eigenvalue weighted by Crippen LogP contribution is -2.51. The quantitative estimate of drug-likeness (QED) is 0.112. The van der Waals surface area contributed by atoms with Gasteiger partial charge in [0.25, 0.3) is 0 Å². The van der Waals surface area contributed by atoms with Gasteiger partial charge >= 0.3 is 6.09 Å². The maximum atomic E-state index is 13.7. The number of ether oxygens (including phenoxy) is 1. The molecule has 64 heavy (non-hydrogen) atoms. The molecule has 2 aliphatic heterocycles. The van der Waals surface area contributed by atoms with Crippen molar-refractivity contribution < 1.29 is 19.1 Å². The van der Waals surface area contributed by atoms with E-state index in [0.29, 0.717) is 6.54 Å². The van der Waals surface area contributed by atoms with Crippen LogP contribution in [0.4, 0.5) is 4.79 Å². The summed E-state index contributed by atoms with van der Waals surface area (Å²) in [6.07, 6.45) is 8.36. The van der Waals surface area contributed by atoms with Crippen molar-refractivity contribution in [2.45, 2.75) is 97.7 Å². The average Bonchev–Trinajstić information content (AvgIpc) is 4.14. The van der Waals surface area contributed by atoms with Gasteiger partial charge in [-0.1, -0.05) is 103 Å². The fourth-order valence-electron chi connectivity index (χ4n) is 9.14. The second-order valence-electron chi connectivity index (χ2n) is 18.9. The van der Waals surface area contributed by atoms with Crippen LogP contribution in [0.15, 0.2) is 97.3 Å². The number of carbonyl (C=O) groups excluding carboxylic acids is 3. The molecule has 12 heteroatoms. The highest BCUT2D eigenvalue weighted by Crippen LogP contribution is 2.38. The molecule has 1 radical (unpaired) electrons. The van der Waals surface area contributed by atoms with Gasteiger partial charge < -0.3 is 34.4 Å². The number of nitrogens with zero attached hydrogens (tertiary/aromatic N) is 5.